The molecule has 2 atom stereocenters. The summed E-state index contributed by atoms with van der Waals surface area (Å²) in [5.41, 5.74) is 1.85. The van der Waals surface area contributed by atoms with E-state index >= 15 is 0 Å². The minimum atomic E-state index is -0.104. The molecule has 30 heavy (non-hydrogen) atoms. The molecule has 3 amide bonds. The maximum absolute atomic E-state index is 13.3. The van der Waals surface area contributed by atoms with Crippen LogP contribution in [0.25, 0.3) is 5.65 Å². The number of nitrogens with zero attached hydrogens (tertiary/aromatic N) is 4. The number of morpholine rings is 1. The molecule has 0 unspecified atom stereocenters. The fourth-order valence-electron chi connectivity index (χ4n) is 4.05. The maximum Gasteiger partial charge on any atom is 0.317 e. The number of hydrogen-bond acceptors (Lipinski definition) is 5. The van der Waals surface area contributed by atoms with Crippen LogP contribution in [0.4, 0.5) is 4.79 Å². The number of urea groups is 1. The van der Waals surface area contributed by atoms with Crippen molar-refractivity contribution in [3.8, 4) is 0 Å². The Balaban J connectivity index is 1.53. The molecule has 0 saturated carbocycles. The summed E-state index contributed by atoms with van der Waals surface area (Å²) in [5.74, 6) is -0.104. The SMILES string of the molecule is C[C@@H]1CN(C(=O)c2nc3ccc(Cl)cn3c2CNCCN2CCNC2=O)C[C@H](C)O1. The summed E-state index contributed by atoms with van der Waals surface area (Å²) in [5, 5.41) is 6.71. The minimum absolute atomic E-state index is 0.0163. The van der Waals surface area contributed by atoms with Crippen LogP contribution in [0, 0.1) is 0 Å². The van der Waals surface area contributed by atoms with E-state index in [1.807, 2.05) is 24.3 Å². The second-order valence-electron chi connectivity index (χ2n) is 7.85. The molecule has 0 spiro atoms. The number of imidazole rings is 1. The van der Waals surface area contributed by atoms with Gasteiger partial charge in [0.25, 0.3) is 5.91 Å². The van der Waals surface area contributed by atoms with Crippen LogP contribution in [-0.4, -0.2) is 82.6 Å². The van der Waals surface area contributed by atoms with Gasteiger partial charge in [0, 0.05) is 52.0 Å². The van der Waals surface area contributed by atoms with Crippen LogP contribution >= 0.6 is 11.6 Å². The number of aromatic nitrogens is 2. The van der Waals surface area contributed by atoms with Crippen LogP contribution in [0.15, 0.2) is 18.3 Å². The molecule has 0 aromatic carbocycles. The molecule has 0 bridgehead atoms. The Kier molecular flexibility index (Phi) is 6.12. The number of halogens is 1. The summed E-state index contributed by atoms with van der Waals surface area (Å²) >= 11 is 6.20. The Bertz CT molecular complexity index is 938. The molecular formula is C20H27ClN6O3. The predicted octanol–water partition coefficient (Wildman–Crippen LogP) is 1.35. The second-order valence-corrected chi connectivity index (χ2v) is 8.28. The van der Waals surface area contributed by atoms with Crippen molar-refractivity contribution < 1.29 is 14.3 Å². The average molecular weight is 435 g/mol. The summed E-state index contributed by atoms with van der Waals surface area (Å²) in [4.78, 5) is 33.2. The Morgan fingerprint density at radius 1 is 1.33 bits per heavy atom. The highest BCUT2D eigenvalue weighted by Gasteiger charge is 2.30. The first-order chi connectivity index (χ1) is 14.4. The van der Waals surface area contributed by atoms with Crippen LogP contribution in [0.3, 0.4) is 0 Å². The highest BCUT2D eigenvalue weighted by atomic mass is 35.5. The van der Waals surface area contributed by atoms with E-state index in [1.54, 1.807) is 22.1 Å². The monoisotopic (exact) mass is 434 g/mol. The van der Waals surface area contributed by atoms with Crippen molar-refractivity contribution in [3.05, 3.63) is 34.7 Å². The fourth-order valence-corrected chi connectivity index (χ4v) is 4.21. The molecule has 0 radical (unpaired) electrons. The van der Waals surface area contributed by atoms with Gasteiger partial charge in [-0.1, -0.05) is 11.6 Å². The molecule has 162 valence electrons. The van der Waals surface area contributed by atoms with Gasteiger partial charge in [0.05, 0.1) is 22.9 Å². The van der Waals surface area contributed by atoms with Crippen molar-refractivity contribution in [2.45, 2.75) is 32.6 Å². The first kappa shape index (κ1) is 20.9. The molecule has 2 saturated heterocycles. The van der Waals surface area contributed by atoms with E-state index in [0.29, 0.717) is 62.2 Å². The smallest absolute Gasteiger partial charge is 0.317 e. The van der Waals surface area contributed by atoms with Gasteiger partial charge in [-0.2, -0.15) is 0 Å². The molecule has 4 heterocycles. The molecule has 2 fully saturated rings. The van der Waals surface area contributed by atoms with Gasteiger partial charge in [-0.25, -0.2) is 9.78 Å². The molecular weight excluding hydrogens is 408 g/mol. The molecule has 2 aromatic heterocycles. The lowest BCUT2D eigenvalue weighted by Gasteiger charge is -2.35. The van der Waals surface area contributed by atoms with Crippen LogP contribution < -0.4 is 10.6 Å². The number of amides is 3. The zero-order valence-corrected chi connectivity index (χ0v) is 18.0. The van der Waals surface area contributed by atoms with Crippen LogP contribution in [0.1, 0.15) is 30.0 Å². The number of fused-ring (bicyclic) bond motifs is 1. The van der Waals surface area contributed by atoms with Gasteiger partial charge in [0.1, 0.15) is 5.65 Å². The van der Waals surface area contributed by atoms with E-state index in [-0.39, 0.29) is 24.1 Å². The van der Waals surface area contributed by atoms with Crippen molar-refractivity contribution in [3.63, 3.8) is 0 Å². The zero-order chi connectivity index (χ0) is 21.3. The van der Waals surface area contributed by atoms with E-state index < -0.39 is 0 Å². The topological polar surface area (TPSA) is 91.2 Å². The zero-order valence-electron chi connectivity index (χ0n) is 17.2. The summed E-state index contributed by atoms with van der Waals surface area (Å²) in [7, 11) is 0. The van der Waals surface area contributed by atoms with Crippen LogP contribution in [-0.2, 0) is 11.3 Å². The quantitative estimate of drug-likeness (QED) is 0.670. The molecule has 2 N–H and O–H groups in total. The van der Waals surface area contributed by atoms with Gasteiger partial charge in [0.15, 0.2) is 5.69 Å². The summed E-state index contributed by atoms with van der Waals surface area (Å²) in [6.07, 6.45) is 1.74. The number of ether oxygens (including phenoxy) is 1. The summed E-state index contributed by atoms with van der Waals surface area (Å²) < 4.78 is 7.62. The highest BCUT2D eigenvalue weighted by molar-refractivity contribution is 6.30. The number of carbonyl (C=O) groups excluding carboxylic acids is 2. The van der Waals surface area contributed by atoms with Gasteiger partial charge in [0.2, 0.25) is 0 Å². The predicted molar refractivity (Wildman–Crippen MR) is 113 cm³/mol. The lowest BCUT2D eigenvalue weighted by molar-refractivity contribution is -0.0587. The fraction of sp³-hybridized carbons (Fsp3) is 0.550. The van der Waals surface area contributed by atoms with E-state index in [2.05, 4.69) is 15.6 Å². The molecule has 4 rings (SSSR count). The minimum Gasteiger partial charge on any atom is -0.372 e. The normalized spacial score (nSPS) is 22.0. The number of carbonyl (C=O) groups is 2. The molecule has 0 aliphatic carbocycles. The molecule has 10 heteroatoms. The van der Waals surface area contributed by atoms with Crippen molar-refractivity contribution in [2.24, 2.45) is 0 Å². The summed E-state index contributed by atoms with van der Waals surface area (Å²) in [6, 6.07) is 3.53. The summed E-state index contributed by atoms with van der Waals surface area (Å²) in [6.45, 7) is 8.05. The lowest BCUT2D eigenvalue weighted by Crippen LogP contribution is -2.48. The van der Waals surface area contributed by atoms with Crippen molar-refractivity contribution in [2.75, 3.05) is 39.3 Å². The van der Waals surface area contributed by atoms with Crippen LogP contribution in [0.5, 0.6) is 0 Å². The van der Waals surface area contributed by atoms with E-state index in [0.717, 1.165) is 5.69 Å². The number of hydrogen-bond donors (Lipinski definition) is 2. The third-order valence-electron chi connectivity index (χ3n) is 5.39. The van der Waals surface area contributed by atoms with Gasteiger partial charge in [-0.3, -0.25) is 4.79 Å². The van der Waals surface area contributed by atoms with Gasteiger partial charge >= 0.3 is 6.03 Å². The van der Waals surface area contributed by atoms with E-state index in [1.165, 1.54) is 0 Å². The Hall–Kier alpha value is -2.36. The third kappa shape index (κ3) is 4.38. The Morgan fingerprint density at radius 2 is 2.10 bits per heavy atom. The molecule has 2 aliphatic heterocycles. The number of nitrogens with one attached hydrogen (secondary N) is 2. The van der Waals surface area contributed by atoms with E-state index in [9.17, 15) is 9.59 Å². The Morgan fingerprint density at radius 3 is 2.80 bits per heavy atom. The van der Waals surface area contributed by atoms with Crippen molar-refractivity contribution in [1.82, 2.24) is 29.8 Å². The average Bonchev–Trinajstić information content (AvgIpc) is 3.27. The Labute approximate surface area is 180 Å². The number of rotatable bonds is 6. The molecule has 9 nitrogen and oxygen atoms in total. The van der Waals surface area contributed by atoms with Crippen LogP contribution in [0.2, 0.25) is 5.02 Å². The standard InChI is InChI=1S/C20H27ClN6O3/c1-13-10-26(11-14(2)30-13)19(28)18-16(27-12-15(21)3-4-17(27)24-18)9-22-5-7-25-8-6-23-20(25)29/h3-4,12-14,22H,5-11H2,1-2H3,(H,23,29)/t13-,14+. The second kappa shape index (κ2) is 8.79. The van der Waals surface area contributed by atoms with Crippen molar-refractivity contribution in [1.29, 1.82) is 0 Å². The highest BCUT2D eigenvalue weighted by Crippen LogP contribution is 2.20. The van der Waals surface area contributed by atoms with Gasteiger partial charge < -0.3 is 29.6 Å². The first-order valence-corrected chi connectivity index (χ1v) is 10.6. The molecule has 2 aliphatic rings. The first-order valence-electron chi connectivity index (χ1n) is 10.3. The van der Waals surface area contributed by atoms with Gasteiger partial charge in [-0.05, 0) is 26.0 Å². The van der Waals surface area contributed by atoms with Gasteiger partial charge in [-0.15, -0.1) is 0 Å². The molecule has 2 aromatic rings. The lowest BCUT2D eigenvalue weighted by atomic mass is 10.2. The maximum atomic E-state index is 13.3. The van der Waals surface area contributed by atoms with Crippen molar-refractivity contribution >= 4 is 29.2 Å². The van der Waals surface area contributed by atoms with E-state index in [4.69, 9.17) is 16.3 Å². The largest absolute Gasteiger partial charge is 0.372 e. The number of pyridine rings is 1. The third-order valence-corrected chi connectivity index (χ3v) is 5.61.